The Morgan fingerprint density at radius 1 is 1.13 bits per heavy atom. The van der Waals surface area contributed by atoms with Crippen LogP contribution in [0.2, 0.25) is 0 Å². The number of alkyl halides is 3. The molecule has 2 heterocycles. The third kappa shape index (κ3) is 3.25. The Labute approximate surface area is 171 Å². The van der Waals surface area contributed by atoms with Gasteiger partial charge in [0.25, 0.3) is 0 Å². The van der Waals surface area contributed by atoms with E-state index in [-0.39, 0.29) is 12.1 Å². The monoisotopic (exact) mass is 414 g/mol. The first kappa shape index (κ1) is 19.1. The first-order chi connectivity index (χ1) is 14.3. The van der Waals surface area contributed by atoms with Gasteiger partial charge < -0.3 is 15.0 Å². The second-order valence-electron chi connectivity index (χ2n) is 8.25. The van der Waals surface area contributed by atoms with E-state index in [0.717, 1.165) is 42.6 Å². The van der Waals surface area contributed by atoms with Gasteiger partial charge in [0.1, 0.15) is 18.2 Å². The Balaban J connectivity index is 1.43. The fourth-order valence-electron chi connectivity index (χ4n) is 4.47. The molecule has 0 spiro atoms. The summed E-state index contributed by atoms with van der Waals surface area (Å²) in [5, 5.41) is 0. The minimum Gasteiger partial charge on any atom is -0.383 e. The highest BCUT2D eigenvalue weighted by atomic mass is 19.4. The topological polar surface area (TPSA) is 66.0 Å². The highest BCUT2D eigenvalue weighted by molar-refractivity contribution is 5.62. The molecule has 0 unspecified atom stereocenters. The van der Waals surface area contributed by atoms with Crippen molar-refractivity contribution in [2.45, 2.75) is 44.2 Å². The van der Waals surface area contributed by atoms with Crippen molar-refractivity contribution in [1.29, 1.82) is 0 Å². The van der Waals surface area contributed by atoms with Gasteiger partial charge in [-0.3, -0.25) is 0 Å². The summed E-state index contributed by atoms with van der Waals surface area (Å²) in [6, 6.07) is 10.8. The van der Waals surface area contributed by atoms with Gasteiger partial charge in [-0.15, -0.1) is 0 Å². The molecule has 3 aromatic rings. The number of nitrogens with zero attached hydrogens (tertiary/aromatic N) is 3. The summed E-state index contributed by atoms with van der Waals surface area (Å²) in [7, 11) is 0. The molecule has 30 heavy (non-hydrogen) atoms. The number of pyridine rings is 1. The molecule has 3 aliphatic carbocycles. The number of aromatic nitrogens is 3. The molecule has 8 heteroatoms. The third-order valence-electron chi connectivity index (χ3n) is 6.16. The summed E-state index contributed by atoms with van der Waals surface area (Å²) in [5.41, 5.74) is 6.34. The van der Waals surface area contributed by atoms with Crippen LogP contribution in [0, 0.1) is 5.92 Å². The Hall–Kier alpha value is -2.87. The maximum atomic E-state index is 13.3. The molecule has 2 aromatic heterocycles. The summed E-state index contributed by atoms with van der Waals surface area (Å²) < 4.78 is 47.7. The van der Waals surface area contributed by atoms with E-state index in [2.05, 4.69) is 14.5 Å². The van der Waals surface area contributed by atoms with E-state index < -0.39 is 17.6 Å². The van der Waals surface area contributed by atoms with Gasteiger partial charge in [0.05, 0.1) is 17.9 Å². The van der Waals surface area contributed by atoms with Crippen LogP contribution in [0.15, 0.2) is 48.8 Å². The van der Waals surface area contributed by atoms with Gasteiger partial charge in [-0.05, 0) is 36.8 Å². The minimum atomic E-state index is -4.56. The van der Waals surface area contributed by atoms with Crippen LogP contribution in [-0.4, -0.2) is 14.5 Å². The highest BCUT2D eigenvalue weighted by Gasteiger charge is 2.58. The summed E-state index contributed by atoms with van der Waals surface area (Å²) in [6.45, 7) is 0.732. The first-order valence-corrected chi connectivity index (χ1v) is 9.88. The first-order valence-electron chi connectivity index (χ1n) is 9.88. The SMILES string of the molecule is Nc1ncc(-c2cn(C34CC(C3)C4)c(COCc3ccccc3)n2)cc1C(F)(F)F. The van der Waals surface area contributed by atoms with Gasteiger partial charge in [0.15, 0.2) is 0 Å². The Morgan fingerprint density at radius 2 is 1.87 bits per heavy atom. The number of hydrogen-bond donors (Lipinski definition) is 1. The van der Waals surface area contributed by atoms with E-state index in [1.807, 2.05) is 36.5 Å². The van der Waals surface area contributed by atoms with E-state index in [4.69, 9.17) is 10.5 Å². The minimum absolute atomic E-state index is 0.0372. The number of nitrogens with two attached hydrogens (primary N) is 1. The Bertz CT molecular complexity index is 1060. The van der Waals surface area contributed by atoms with Gasteiger partial charge in [-0.1, -0.05) is 30.3 Å². The van der Waals surface area contributed by atoms with Crippen molar-refractivity contribution in [3.63, 3.8) is 0 Å². The van der Waals surface area contributed by atoms with Crippen LogP contribution in [0.1, 0.15) is 36.2 Å². The molecule has 5 nitrogen and oxygen atoms in total. The molecule has 2 bridgehead atoms. The van der Waals surface area contributed by atoms with Crippen molar-refractivity contribution in [2.75, 3.05) is 5.73 Å². The highest BCUT2D eigenvalue weighted by Crippen LogP contribution is 2.62. The molecule has 1 aromatic carbocycles. The molecule has 3 saturated carbocycles. The van der Waals surface area contributed by atoms with Gasteiger partial charge >= 0.3 is 6.18 Å². The summed E-state index contributed by atoms with van der Waals surface area (Å²) in [4.78, 5) is 8.37. The molecule has 3 aliphatic rings. The lowest BCUT2D eigenvalue weighted by Crippen LogP contribution is -2.59. The van der Waals surface area contributed by atoms with E-state index in [0.29, 0.717) is 17.9 Å². The van der Waals surface area contributed by atoms with Crippen LogP contribution in [0.25, 0.3) is 11.3 Å². The molecule has 0 atom stereocenters. The zero-order chi connectivity index (χ0) is 20.9. The van der Waals surface area contributed by atoms with E-state index in [1.165, 1.54) is 6.20 Å². The third-order valence-corrected chi connectivity index (χ3v) is 6.16. The van der Waals surface area contributed by atoms with Crippen molar-refractivity contribution in [1.82, 2.24) is 14.5 Å². The van der Waals surface area contributed by atoms with Crippen LogP contribution >= 0.6 is 0 Å². The zero-order valence-electron chi connectivity index (χ0n) is 16.2. The van der Waals surface area contributed by atoms with Crippen molar-refractivity contribution in [3.05, 3.63) is 65.7 Å². The summed E-state index contributed by atoms with van der Waals surface area (Å²) in [6.07, 6.45) is 1.87. The average Bonchev–Trinajstić information content (AvgIpc) is 3.03. The second-order valence-corrected chi connectivity index (χ2v) is 8.25. The van der Waals surface area contributed by atoms with Crippen molar-refractivity contribution in [2.24, 2.45) is 5.92 Å². The zero-order valence-corrected chi connectivity index (χ0v) is 16.2. The van der Waals surface area contributed by atoms with Crippen molar-refractivity contribution in [3.8, 4) is 11.3 Å². The normalized spacial score (nSPS) is 22.4. The van der Waals surface area contributed by atoms with Gasteiger partial charge in [0.2, 0.25) is 0 Å². The second kappa shape index (κ2) is 6.84. The standard InChI is InChI=1S/C22H21F3N4O/c23-22(24,25)17-6-16(10-27-20(17)26)18-11-29(21-7-15(8-21)9-21)19(28-18)13-30-12-14-4-2-1-3-5-14/h1-6,10-11,15H,7-9,12-13H2,(H2,26,27). The van der Waals surface area contributed by atoms with Crippen LogP contribution in [0.3, 0.4) is 0 Å². The molecule has 156 valence electrons. The van der Waals surface area contributed by atoms with E-state index >= 15 is 0 Å². The lowest BCUT2D eigenvalue weighted by Gasteiger charge is -2.62. The Morgan fingerprint density at radius 3 is 2.50 bits per heavy atom. The molecule has 0 amide bonds. The number of imidazole rings is 1. The number of anilines is 1. The predicted octanol–water partition coefficient (Wildman–Crippen LogP) is 4.77. The van der Waals surface area contributed by atoms with Crippen LogP contribution in [-0.2, 0) is 29.7 Å². The van der Waals surface area contributed by atoms with Crippen LogP contribution < -0.4 is 5.73 Å². The van der Waals surface area contributed by atoms with Gasteiger partial charge in [0, 0.05) is 23.5 Å². The number of nitrogen functional groups attached to an aromatic ring is 1. The van der Waals surface area contributed by atoms with Gasteiger partial charge in [-0.2, -0.15) is 13.2 Å². The Kier molecular flexibility index (Phi) is 4.36. The fraction of sp³-hybridized carbons (Fsp3) is 0.364. The molecule has 0 saturated heterocycles. The molecule has 0 radical (unpaired) electrons. The maximum Gasteiger partial charge on any atom is 0.419 e. The largest absolute Gasteiger partial charge is 0.419 e. The lowest BCUT2D eigenvalue weighted by molar-refractivity contribution is -0.137. The number of hydrogen-bond acceptors (Lipinski definition) is 4. The average molecular weight is 414 g/mol. The van der Waals surface area contributed by atoms with Crippen LogP contribution in [0.4, 0.5) is 19.0 Å². The number of halogens is 3. The summed E-state index contributed by atoms with van der Waals surface area (Å²) in [5.74, 6) is 0.949. The number of ether oxygens (including phenoxy) is 1. The van der Waals surface area contributed by atoms with Crippen LogP contribution in [0.5, 0.6) is 0 Å². The molecule has 3 fully saturated rings. The molecular formula is C22H21F3N4O. The predicted molar refractivity (Wildman–Crippen MR) is 105 cm³/mol. The maximum absolute atomic E-state index is 13.3. The fourth-order valence-corrected chi connectivity index (χ4v) is 4.47. The smallest absolute Gasteiger partial charge is 0.383 e. The molecular weight excluding hydrogens is 393 g/mol. The molecule has 2 N–H and O–H groups in total. The van der Waals surface area contributed by atoms with E-state index in [1.54, 1.807) is 0 Å². The quantitative estimate of drug-likeness (QED) is 0.631. The van der Waals surface area contributed by atoms with Gasteiger partial charge in [-0.25, -0.2) is 9.97 Å². The lowest BCUT2D eigenvalue weighted by atomic mass is 9.49. The number of rotatable bonds is 6. The molecule has 0 aliphatic heterocycles. The summed E-state index contributed by atoms with van der Waals surface area (Å²) >= 11 is 0. The van der Waals surface area contributed by atoms with Crippen molar-refractivity contribution >= 4 is 5.82 Å². The number of benzene rings is 1. The molecule has 6 rings (SSSR count). The van der Waals surface area contributed by atoms with Crippen molar-refractivity contribution < 1.29 is 17.9 Å². The van der Waals surface area contributed by atoms with E-state index in [9.17, 15) is 13.2 Å².